The lowest BCUT2D eigenvalue weighted by molar-refractivity contribution is 0.0983. The third kappa shape index (κ3) is 4.48. The van der Waals surface area contributed by atoms with Crippen LogP contribution in [0.4, 0.5) is 5.95 Å². The van der Waals surface area contributed by atoms with Crippen molar-refractivity contribution in [2.75, 3.05) is 18.6 Å². The average molecular weight is 417 g/mol. The number of carbonyl (C=O) groups excluding carboxylic acids is 1. The molecule has 0 spiro atoms. The second-order valence-electron chi connectivity index (χ2n) is 6.47. The predicted molar refractivity (Wildman–Crippen MR) is 109 cm³/mol. The van der Waals surface area contributed by atoms with Gasteiger partial charge in [-0.05, 0) is 18.6 Å². The molecule has 0 bridgehead atoms. The molecule has 8 nitrogen and oxygen atoms in total. The molecule has 29 heavy (non-hydrogen) atoms. The zero-order chi connectivity index (χ0) is 21.0. The van der Waals surface area contributed by atoms with Gasteiger partial charge in [-0.15, -0.1) is 0 Å². The minimum absolute atomic E-state index is 0.00257. The Hall–Kier alpha value is -3.13. The zero-order valence-corrected chi connectivity index (χ0v) is 17.1. The van der Waals surface area contributed by atoms with Gasteiger partial charge in [0.15, 0.2) is 11.5 Å². The van der Waals surface area contributed by atoms with Gasteiger partial charge in [0.05, 0.1) is 12.8 Å². The first-order chi connectivity index (χ1) is 13.9. The summed E-state index contributed by atoms with van der Waals surface area (Å²) in [6.07, 6.45) is 2.82. The van der Waals surface area contributed by atoms with Gasteiger partial charge in [-0.1, -0.05) is 35.0 Å². The van der Waals surface area contributed by atoms with Gasteiger partial charge in [0, 0.05) is 37.6 Å². The molecule has 3 rings (SSSR count). The Labute approximate surface area is 172 Å². The first-order valence-corrected chi connectivity index (χ1v) is 9.40. The van der Waals surface area contributed by atoms with Crippen molar-refractivity contribution in [2.45, 2.75) is 19.9 Å². The van der Waals surface area contributed by atoms with Crippen LogP contribution in [0.25, 0.3) is 0 Å². The van der Waals surface area contributed by atoms with E-state index in [0.717, 1.165) is 5.56 Å². The summed E-state index contributed by atoms with van der Waals surface area (Å²) in [4.78, 5) is 32.0. The third-order valence-corrected chi connectivity index (χ3v) is 4.70. The van der Waals surface area contributed by atoms with Crippen LogP contribution in [0.1, 0.15) is 28.5 Å². The summed E-state index contributed by atoms with van der Waals surface area (Å²) in [5, 5.41) is 4.20. The van der Waals surface area contributed by atoms with Crippen molar-refractivity contribution in [3.8, 4) is 5.75 Å². The number of carbonyl (C=O) groups is 1. The number of Topliss-reactive ketones (excluding diaryl/α,β-unsaturated/α-hetero) is 1. The number of benzene rings is 1. The number of ether oxygens (including phenoxy) is 1. The van der Waals surface area contributed by atoms with Crippen molar-refractivity contribution in [1.29, 1.82) is 0 Å². The summed E-state index contributed by atoms with van der Waals surface area (Å²) in [6.45, 7) is 2.39. The highest BCUT2D eigenvalue weighted by molar-refractivity contribution is 6.31. The van der Waals surface area contributed by atoms with Crippen LogP contribution in [0, 0.1) is 0 Å². The van der Waals surface area contributed by atoms with Gasteiger partial charge in [0.25, 0.3) is 5.56 Å². The molecule has 0 unspecified atom stereocenters. The molecule has 0 radical (unpaired) electrons. The fourth-order valence-electron chi connectivity index (χ4n) is 2.91. The zero-order valence-electron chi connectivity index (χ0n) is 16.4. The maximum atomic E-state index is 12.9. The van der Waals surface area contributed by atoms with E-state index in [1.807, 2.05) is 18.2 Å². The maximum Gasteiger partial charge on any atom is 0.297 e. The van der Waals surface area contributed by atoms with E-state index in [0.29, 0.717) is 23.1 Å². The monoisotopic (exact) mass is 416 g/mol. The Bertz CT molecular complexity index is 1060. The molecule has 0 aliphatic rings. The van der Waals surface area contributed by atoms with Crippen molar-refractivity contribution in [3.05, 3.63) is 68.9 Å². The molecule has 0 atom stereocenters. The molecule has 1 aromatic carbocycles. The van der Waals surface area contributed by atoms with E-state index in [-0.39, 0.29) is 30.3 Å². The summed E-state index contributed by atoms with van der Waals surface area (Å²) in [5.41, 5.74) is 1.01. The molecule has 0 N–H and O–H groups in total. The SMILES string of the molecule is CCOc1c(C(=O)Cc2cnoc2)nc(N(C)Cc2ccccc2Cl)n(C)c1=O. The van der Waals surface area contributed by atoms with Crippen molar-refractivity contribution in [2.24, 2.45) is 7.05 Å². The van der Waals surface area contributed by atoms with Gasteiger partial charge in [-0.2, -0.15) is 0 Å². The largest absolute Gasteiger partial charge is 0.486 e. The van der Waals surface area contributed by atoms with Crippen LogP contribution in [-0.2, 0) is 20.0 Å². The van der Waals surface area contributed by atoms with E-state index >= 15 is 0 Å². The quantitative estimate of drug-likeness (QED) is 0.521. The van der Waals surface area contributed by atoms with Crippen molar-refractivity contribution >= 4 is 23.3 Å². The number of nitrogens with zero attached hydrogens (tertiary/aromatic N) is 4. The minimum atomic E-state index is -0.434. The van der Waals surface area contributed by atoms with Gasteiger partial charge in [0.2, 0.25) is 11.7 Å². The van der Waals surface area contributed by atoms with Crippen molar-refractivity contribution < 1.29 is 14.1 Å². The Morgan fingerprint density at radius 3 is 2.76 bits per heavy atom. The molecule has 2 aromatic heterocycles. The van der Waals surface area contributed by atoms with E-state index in [2.05, 4.69) is 10.1 Å². The molecule has 0 aliphatic carbocycles. The predicted octanol–water partition coefficient (Wildman–Crippen LogP) is 2.88. The van der Waals surface area contributed by atoms with Crippen LogP contribution >= 0.6 is 11.6 Å². The number of rotatable bonds is 8. The van der Waals surface area contributed by atoms with Crippen LogP contribution in [0.5, 0.6) is 5.75 Å². The van der Waals surface area contributed by atoms with Crippen LogP contribution in [-0.4, -0.2) is 34.1 Å². The molecule has 9 heteroatoms. The smallest absolute Gasteiger partial charge is 0.297 e. The second-order valence-corrected chi connectivity index (χ2v) is 6.87. The van der Waals surface area contributed by atoms with Crippen LogP contribution in [0.2, 0.25) is 5.02 Å². The number of ketones is 1. The summed E-state index contributed by atoms with van der Waals surface area (Å²) >= 11 is 6.25. The van der Waals surface area contributed by atoms with E-state index in [1.54, 1.807) is 32.0 Å². The average Bonchev–Trinajstić information content (AvgIpc) is 3.20. The number of anilines is 1. The van der Waals surface area contributed by atoms with Crippen molar-refractivity contribution in [3.63, 3.8) is 0 Å². The summed E-state index contributed by atoms with van der Waals surface area (Å²) in [6, 6.07) is 7.42. The number of aromatic nitrogens is 3. The normalized spacial score (nSPS) is 10.8. The fourth-order valence-corrected chi connectivity index (χ4v) is 3.11. The Balaban J connectivity index is 2.01. The highest BCUT2D eigenvalue weighted by Gasteiger charge is 2.24. The minimum Gasteiger partial charge on any atom is -0.486 e. The molecule has 0 amide bonds. The first-order valence-electron chi connectivity index (χ1n) is 9.02. The molecule has 0 aliphatic heterocycles. The summed E-state index contributed by atoms with van der Waals surface area (Å²) in [7, 11) is 3.37. The summed E-state index contributed by atoms with van der Waals surface area (Å²) in [5.74, 6) is -0.0971. The van der Waals surface area contributed by atoms with Crippen LogP contribution in [0.15, 0.2) is 46.0 Å². The first kappa shape index (κ1) is 20.6. The fraction of sp³-hybridized carbons (Fsp3) is 0.300. The molecular weight excluding hydrogens is 396 g/mol. The van der Waals surface area contributed by atoms with E-state index in [9.17, 15) is 9.59 Å². The van der Waals surface area contributed by atoms with Gasteiger partial charge in [0.1, 0.15) is 6.26 Å². The number of hydrogen-bond acceptors (Lipinski definition) is 7. The standard InChI is InChI=1S/C20H21ClN4O4/c1-4-28-18-17(16(26)9-13-10-22-29-12-13)23-20(25(3)19(18)27)24(2)11-14-7-5-6-8-15(14)21/h5-8,10,12H,4,9,11H2,1-3H3. The molecule has 152 valence electrons. The van der Waals surface area contributed by atoms with Gasteiger partial charge in [-0.25, -0.2) is 4.98 Å². The van der Waals surface area contributed by atoms with E-state index in [1.165, 1.54) is 17.0 Å². The lowest BCUT2D eigenvalue weighted by atomic mass is 10.1. The molecule has 2 heterocycles. The highest BCUT2D eigenvalue weighted by atomic mass is 35.5. The highest BCUT2D eigenvalue weighted by Crippen LogP contribution is 2.22. The van der Waals surface area contributed by atoms with E-state index in [4.69, 9.17) is 20.9 Å². The molecule has 0 saturated carbocycles. The Kier molecular flexibility index (Phi) is 6.33. The molecule has 0 saturated heterocycles. The number of hydrogen-bond donors (Lipinski definition) is 0. The third-order valence-electron chi connectivity index (χ3n) is 4.33. The summed E-state index contributed by atoms with van der Waals surface area (Å²) < 4.78 is 11.6. The Morgan fingerprint density at radius 1 is 1.34 bits per heavy atom. The Morgan fingerprint density at radius 2 is 2.10 bits per heavy atom. The molecule has 3 aromatic rings. The topological polar surface area (TPSA) is 90.5 Å². The van der Waals surface area contributed by atoms with E-state index < -0.39 is 5.56 Å². The molecule has 0 fully saturated rings. The lowest BCUT2D eigenvalue weighted by Crippen LogP contribution is -2.31. The van der Waals surface area contributed by atoms with Crippen molar-refractivity contribution in [1.82, 2.24) is 14.7 Å². The second kappa shape index (κ2) is 8.91. The van der Waals surface area contributed by atoms with Gasteiger partial charge < -0.3 is 14.2 Å². The van der Waals surface area contributed by atoms with Gasteiger partial charge in [-0.3, -0.25) is 14.2 Å². The van der Waals surface area contributed by atoms with Crippen LogP contribution < -0.4 is 15.2 Å². The van der Waals surface area contributed by atoms with Crippen LogP contribution in [0.3, 0.4) is 0 Å². The lowest BCUT2D eigenvalue weighted by Gasteiger charge is -2.22. The molecular formula is C20H21ClN4O4. The maximum absolute atomic E-state index is 12.9. The van der Waals surface area contributed by atoms with Gasteiger partial charge >= 0.3 is 0 Å². The number of halogens is 1.